The van der Waals surface area contributed by atoms with Crippen molar-refractivity contribution in [1.29, 1.82) is 0 Å². The first-order valence-corrected chi connectivity index (χ1v) is 8.66. The molecular formula is C17H19N3O3S. The Hall–Kier alpha value is -2.41. The van der Waals surface area contributed by atoms with Crippen molar-refractivity contribution in [3.05, 3.63) is 40.2 Å². The Morgan fingerprint density at radius 3 is 2.96 bits per heavy atom. The van der Waals surface area contributed by atoms with Crippen molar-refractivity contribution >= 4 is 28.8 Å². The lowest BCUT2D eigenvalue weighted by atomic mass is 10.1. The van der Waals surface area contributed by atoms with Crippen LogP contribution in [-0.4, -0.2) is 35.4 Å². The van der Waals surface area contributed by atoms with E-state index in [1.165, 1.54) is 23.7 Å². The molecule has 0 aliphatic carbocycles. The highest BCUT2D eigenvalue weighted by Gasteiger charge is 2.21. The van der Waals surface area contributed by atoms with Crippen LogP contribution in [0.5, 0.6) is 5.88 Å². The minimum atomic E-state index is -0.191. The lowest BCUT2D eigenvalue weighted by Crippen LogP contribution is -2.35. The van der Waals surface area contributed by atoms with E-state index in [-0.39, 0.29) is 24.7 Å². The van der Waals surface area contributed by atoms with Gasteiger partial charge in [0, 0.05) is 36.9 Å². The van der Waals surface area contributed by atoms with Gasteiger partial charge in [-0.15, -0.1) is 11.3 Å². The maximum absolute atomic E-state index is 12.3. The second-order valence-electron chi connectivity index (χ2n) is 5.57. The van der Waals surface area contributed by atoms with Crippen LogP contribution >= 0.6 is 11.3 Å². The average Bonchev–Trinajstić information content (AvgIpc) is 3.08. The van der Waals surface area contributed by atoms with Crippen LogP contribution in [0.25, 0.3) is 0 Å². The average molecular weight is 345 g/mol. The molecule has 0 radical (unpaired) electrons. The summed E-state index contributed by atoms with van der Waals surface area (Å²) < 4.78 is 4.97. The number of carbonyl (C=O) groups excluding carboxylic acids is 2. The Bertz CT molecular complexity index is 727. The maximum atomic E-state index is 12.3. The van der Waals surface area contributed by atoms with E-state index in [4.69, 9.17) is 4.74 Å². The number of ether oxygens (including phenoxy) is 1. The minimum absolute atomic E-state index is 0.0230. The van der Waals surface area contributed by atoms with Crippen molar-refractivity contribution in [3.8, 4) is 5.88 Å². The van der Waals surface area contributed by atoms with Gasteiger partial charge < -0.3 is 15.0 Å². The van der Waals surface area contributed by atoms with Gasteiger partial charge in [-0.2, -0.15) is 0 Å². The number of anilines is 1. The minimum Gasteiger partial charge on any atom is -0.481 e. The number of rotatable bonds is 5. The third-order valence-electron chi connectivity index (χ3n) is 3.96. The van der Waals surface area contributed by atoms with Crippen LogP contribution < -0.4 is 10.1 Å². The summed E-state index contributed by atoms with van der Waals surface area (Å²) in [6, 6.07) is 5.46. The molecule has 3 heterocycles. The number of methoxy groups -OCH3 is 1. The fraction of sp³-hybridized carbons (Fsp3) is 0.353. The second-order valence-corrected chi connectivity index (χ2v) is 6.57. The Morgan fingerprint density at radius 2 is 2.21 bits per heavy atom. The largest absolute Gasteiger partial charge is 0.481 e. The van der Waals surface area contributed by atoms with Crippen molar-refractivity contribution in [1.82, 2.24) is 9.88 Å². The molecule has 2 aromatic rings. The molecule has 0 saturated heterocycles. The molecule has 126 valence electrons. The van der Waals surface area contributed by atoms with Crippen molar-refractivity contribution in [2.24, 2.45) is 0 Å². The van der Waals surface area contributed by atoms with Crippen LogP contribution in [-0.2, 0) is 22.6 Å². The third-order valence-corrected chi connectivity index (χ3v) is 4.98. The number of nitrogens with one attached hydrogen (secondary N) is 1. The number of nitrogens with zero attached hydrogens (tertiary/aromatic N) is 2. The lowest BCUT2D eigenvalue weighted by molar-refractivity contribution is -0.133. The lowest BCUT2D eigenvalue weighted by Gasteiger charge is -2.27. The summed E-state index contributed by atoms with van der Waals surface area (Å²) in [6.45, 7) is 1.39. The monoisotopic (exact) mass is 345 g/mol. The summed E-state index contributed by atoms with van der Waals surface area (Å²) in [5.74, 6) is 0.319. The fourth-order valence-electron chi connectivity index (χ4n) is 2.64. The number of thiophene rings is 1. The predicted molar refractivity (Wildman–Crippen MR) is 92.1 cm³/mol. The number of hydrogen-bond donors (Lipinski definition) is 1. The summed E-state index contributed by atoms with van der Waals surface area (Å²) in [5.41, 5.74) is 1.82. The standard InChI is InChI=1S/C17H19N3O3S/c1-23-16-4-2-13(10-18-16)19-15(21)3-5-17(22)20-8-6-14-12(11-20)7-9-24-14/h2,4,7,9-10H,3,5-6,8,11H2,1H3,(H,19,21). The molecule has 0 spiro atoms. The summed E-state index contributed by atoms with van der Waals surface area (Å²) in [5, 5.41) is 4.80. The van der Waals surface area contributed by atoms with Gasteiger partial charge >= 0.3 is 0 Å². The van der Waals surface area contributed by atoms with E-state index in [0.717, 1.165) is 13.0 Å². The molecule has 0 aromatic carbocycles. The molecule has 0 unspecified atom stereocenters. The fourth-order valence-corrected chi connectivity index (χ4v) is 3.53. The highest BCUT2D eigenvalue weighted by atomic mass is 32.1. The molecule has 0 saturated carbocycles. The van der Waals surface area contributed by atoms with E-state index < -0.39 is 0 Å². The van der Waals surface area contributed by atoms with E-state index in [2.05, 4.69) is 21.7 Å². The van der Waals surface area contributed by atoms with Crippen LogP contribution in [0, 0.1) is 0 Å². The van der Waals surface area contributed by atoms with Gasteiger partial charge in [0.1, 0.15) is 0 Å². The van der Waals surface area contributed by atoms with Crippen molar-refractivity contribution in [2.45, 2.75) is 25.8 Å². The van der Waals surface area contributed by atoms with E-state index in [1.807, 2.05) is 4.90 Å². The van der Waals surface area contributed by atoms with Crippen molar-refractivity contribution in [2.75, 3.05) is 19.0 Å². The smallest absolute Gasteiger partial charge is 0.224 e. The molecule has 2 aromatic heterocycles. The van der Waals surface area contributed by atoms with Gasteiger partial charge in [-0.25, -0.2) is 4.98 Å². The number of carbonyl (C=O) groups is 2. The highest BCUT2D eigenvalue weighted by Crippen LogP contribution is 2.24. The number of hydrogen-bond acceptors (Lipinski definition) is 5. The number of aromatic nitrogens is 1. The van der Waals surface area contributed by atoms with Gasteiger partial charge in [-0.3, -0.25) is 9.59 Å². The van der Waals surface area contributed by atoms with Crippen LogP contribution in [0.1, 0.15) is 23.3 Å². The Kier molecular flexibility index (Phi) is 5.10. The van der Waals surface area contributed by atoms with Gasteiger partial charge in [-0.1, -0.05) is 0 Å². The Balaban J connectivity index is 1.46. The topological polar surface area (TPSA) is 71.5 Å². The Morgan fingerprint density at radius 1 is 1.33 bits per heavy atom. The first-order valence-electron chi connectivity index (χ1n) is 7.78. The Labute approximate surface area is 144 Å². The van der Waals surface area contributed by atoms with E-state index in [9.17, 15) is 9.59 Å². The molecule has 0 bridgehead atoms. The zero-order valence-electron chi connectivity index (χ0n) is 13.4. The predicted octanol–water partition coefficient (Wildman–Crippen LogP) is 2.46. The SMILES string of the molecule is COc1ccc(NC(=O)CCC(=O)N2CCc3sccc3C2)cn1. The van der Waals surface area contributed by atoms with Crippen molar-refractivity contribution in [3.63, 3.8) is 0 Å². The summed E-state index contributed by atoms with van der Waals surface area (Å²) in [6.07, 6.45) is 2.82. The quantitative estimate of drug-likeness (QED) is 0.903. The summed E-state index contributed by atoms with van der Waals surface area (Å²) in [7, 11) is 1.53. The molecule has 6 nitrogen and oxygen atoms in total. The first-order chi connectivity index (χ1) is 11.7. The molecule has 1 N–H and O–H groups in total. The zero-order valence-corrected chi connectivity index (χ0v) is 14.3. The molecule has 0 fully saturated rings. The van der Waals surface area contributed by atoms with Gasteiger partial charge in [0.05, 0.1) is 19.0 Å². The molecule has 24 heavy (non-hydrogen) atoms. The van der Waals surface area contributed by atoms with Crippen LogP contribution in [0.4, 0.5) is 5.69 Å². The number of pyridine rings is 1. The highest BCUT2D eigenvalue weighted by molar-refractivity contribution is 7.10. The zero-order chi connectivity index (χ0) is 16.9. The molecule has 1 aliphatic rings. The normalized spacial score (nSPS) is 13.3. The summed E-state index contributed by atoms with van der Waals surface area (Å²) in [4.78, 5) is 31.5. The molecule has 7 heteroatoms. The van der Waals surface area contributed by atoms with Crippen LogP contribution in [0.2, 0.25) is 0 Å². The van der Waals surface area contributed by atoms with E-state index in [0.29, 0.717) is 18.1 Å². The number of fused-ring (bicyclic) bond motifs is 1. The third kappa shape index (κ3) is 3.91. The van der Waals surface area contributed by atoms with Gasteiger partial charge in [0.2, 0.25) is 17.7 Å². The molecule has 1 aliphatic heterocycles. The van der Waals surface area contributed by atoms with Gasteiger partial charge in [-0.05, 0) is 29.5 Å². The van der Waals surface area contributed by atoms with E-state index in [1.54, 1.807) is 23.5 Å². The second kappa shape index (κ2) is 7.44. The van der Waals surface area contributed by atoms with Crippen LogP contribution in [0.3, 0.4) is 0 Å². The molecule has 0 atom stereocenters. The van der Waals surface area contributed by atoms with Crippen molar-refractivity contribution < 1.29 is 14.3 Å². The van der Waals surface area contributed by atoms with Gasteiger partial charge in [0.25, 0.3) is 0 Å². The van der Waals surface area contributed by atoms with E-state index >= 15 is 0 Å². The first kappa shape index (κ1) is 16.4. The maximum Gasteiger partial charge on any atom is 0.224 e. The van der Waals surface area contributed by atoms with Gasteiger partial charge in [0.15, 0.2) is 0 Å². The molecule has 3 rings (SSSR count). The number of amides is 2. The molecular weight excluding hydrogens is 326 g/mol. The van der Waals surface area contributed by atoms with Crippen LogP contribution in [0.15, 0.2) is 29.8 Å². The summed E-state index contributed by atoms with van der Waals surface area (Å²) >= 11 is 1.74. The molecule has 2 amide bonds.